The third-order valence-corrected chi connectivity index (χ3v) is 7.06. The summed E-state index contributed by atoms with van der Waals surface area (Å²) in [6.07, 6.45) is 3.65. The highest BCUT2D eigenvalue weighted by Gasteiger charge is 2.23. The summed E-state index contributed by atoms with van der Waals surface area (Å²) in [5.74, 6) is -0.151. The number of ether oxygens (including phenoxy) is 1. The third-order valence-electron chi connectivity index (χ3n) is 5.45. The molecule has 3 aromatic heterocycles. The van der Waals surface area contributed by atoms with E-state index < -0.39 is 5.69 Å². The van der Waals surface area contributed by atoms with Gasteiger partial charge in [0, 0.05) is 17.2 Å². The van der Waals surface area contributed by atoms with Crippen LogP contribution in [0.4, 0.5) is 5.69 Å². The van der Waals surface area contributed by atoms with E-state index in [-0.39, 0.29) is 29.9 Å². The number of nitrogens with one attached hydrogen (secondary N) is 1. The molecule has 1 amide bonds. The SMILES string of the molecule is CSc1cccc(NC(=O)Cn2nc3n(C[C@@H]4CCCO4)c(=O)c4sccc4n3c2=O)c1. The van der Waals surface area contributed by atoms with Crippen LogP contribution < -0.4 is 16.6 Å². The zero-order chi connectivity index (χ0) is 22.2. The molecule has 32 heavy (non-hydrogen) atoms. The van der Waals surface area contributed by atoms with Crippen molar-refractivity contribution in [3.63, 3.8) is 0 Å². The van der Waals surface area contributed by atoms with E-state index in [0.29, 0.717) is 29.1 Å². The summed E-state index contributed by atoms with van der Waals surface area (Å²) in [6.45, 7) is 0.722. The fourth-order valence-electron chi connectivity index (χ4n) is 3.93. The molecule has 0 aliphatic carbocycles. The molecule has 1 saturated heterocycles. The first kappa shape index (κ1) is 21.0. The minimum absolute atomic E-state index is 0.0961. The third kappa shape index (κ3) is 3.76. The first-order chi connectivity index (χ1) is 15.5. The van der Waals surface area contributed by atoms with E-state index in [2.05, 4.69) is 10.4 Å². The van der Waals surface area contributed by atoms with Crippen molar-refractivity contribution in [2.24, 2.45) is 0 Å². The number of hydrogen-bond donors (Lipinski definition) is 1. The van der Waals surface area contributed by atoms with Gasteiger partial charge in [-0.05, 0) is 48.7 Å². The van der Waals surface area contributed by atoms with Crippen LogP contribution in [0.1, 0.15) is 12.8 Å². The van der Waals surface area contributed by atoms with Gasteiger partial charge in [-0.15, -0.1) is 28.2 Å². The molecule has 1 fully saturated rings. The highest BCUT2D eigenvalue weighted by atomic mass is 32.2. The maximum atomic E-state index is 13.2. The number of amides is 1. The molecule has 1 aliphatic heterocycles. The summed E-state index contributed by atoms with van der Waals surface area (Å²) < 4.78 is 10.2. The number of benzene rings is 1. The van der Waals surface area contributed by atoms with Crippen LogP contribution in [0.15, 0.2) is 50.2 Å². The fraction of sp³-hybridized carbons (Fsp3) is 0.333. The van der Waals surface area contributed by atoms with Gasteiger partial charge in [0.25, 0.3) is 5.56 Å². The Balaban J connectivity index is 1.52. The van der Waals surface area contributed by atoms with Gasteiger partial charge < -0.3 is 10.1 Å². The Kier molecular flexibility index (Phi) is 5.62. The number of carbonyl (C=O) groups is 1. The molecule has 0 bridgehead atoms. The monoisotopic (exact) mass is 471 g/mol. The molecule has 0 radical (unpaired) electrons. The van der Waals surface area contributed by atoms with Crippen molar-refractivity contribution in [1.82, 2.24) is 18.7 Å². The Hall–Kier alpha value is -2.89. The second-order valence-electron chi connectivity index (χ2n) is 7.54. The summed E-state index contributed by atoms with van der Waals surface area (Å²) in [7, 11) is 0. The molecule has 4 aromatic rings. The van der Waals surface area contributed by atoms with E-state index in [4.69, 9.17) is 4.74 Å². The zero-order valence-electron chi connectivity index (χ0n) is 17.3. The minimum atomic E-state index is -0.461. The van der Waals surface area contributed by atoms with E-state index >= 15 is 0 Å². The van der Waals surface area contributed by atoms with Crippen LogP contribution in [0.5, 0.6) is 0 Å². The molecular weight excluding hydrogens is 450 g/mol. The van der Waals surface area contributed by atoms with Crippen LogP contribution in [-0.2, 0) is 22.6 Å². The maximum Gasteiger partial charge on any atom is 0.352 e. The van der Waals surface area contributed by atoms with Crippen molar-refractivity contribution < 1.29 is 9.53 Å². The van der Waals surface area contributed by atoms with Crippen LogP contribution in [0.25, 0.3) is 16.0 Å². The van der Waals surface area contributed by atoms with Crippen molar-refractivity contribution in [2.45, 2.75) is 36.9 Å². The fourth-order valence-corrected chi connectivity index (χ4v) is 5.21. The molecule has 1 atom stereocenters. The summed E-state index contributed by atoms with van der Waals surface area (Å²) in [5, 5.41) is 8.96. The van der Waals surface area contributed by atoms with Gasteiger partial charge in [0.05, 0.1) is 18.2 Å². The lowest BCUT2D eigenvalue weighted by atomic mass is 10.2. The number of hydrogen-bond acceptors (Lipinski definition) is 7. The van der Waals surface area contributed by atoms with Crippen LogP contribution in [0.2, 0.25) is 0 Å². The molecule has 4 heterocycles. The summed E-state index contributed by atoms with van der Waals surface area (Å²) in [4.78, 5) is 39.9. The highest BCUT2D eigenvalue weighted by Crippen LogP contribution is 2.20. The standard InChI is InChI=1S/C21H21N5O4S2/c1-31-15-6-2-4-13(10-15)22-17(27)12-25-21(29)26-16-7-9-32-18(16)19(28)24(20(26)23-25)11-14-5-3-8-30-14/h2,4,6-7,9-10,14H,3,5,8,11-12H2,1H3,(H,22,27)/t14-/m0/s1. The predicted octanol–water partition coefficient (Wildman–Crippen LogP) is 2.41. The van der Waals surface area contributed by atoms with Gasteiger partial charge in [0.15, 0.2) is 0 Å². The number of thiophene rings is 1. The van der Waals surface area contributed by atoms with Gasteiger partial charge in [0.1, 0.15) is 11.2 Å². The largest absolute Gasteiger partial charge is 0.376 e. The number of nitrogens with zero attached hydrogens (tertiary/aromatic N) is 4. The average Bonchev–Trinajstić information content (AvgIpc) is 3.53. The molecule has 1 N–H and O–H groups in total. The van der Waals surface area contributed by atoms with Crippen LogP contribution >= 0.6 is 23.1 Å². The molecule has 11 heteroatoms. The predicted molar refractivity (Wildman–Crippen MR) is 125 cm³/mol. The summed E-state index contributed by atoms with van der Waals surface area (Å²) in [5.41, 5.74) is 0.489. The van der Waals surface area contributed by atoms with E-state index in [9.17, 15) is 14.4 Å². The molecule has 166 valence electrons. The number of carbonyl (C=O) groups excluding carboxylic acids is 1. The first-order valence-corrected chi connectivity index (χ1v) is 12.3. The van der Waals surface area contributed by atoms with Crippen molar-refractivity contribution in [1.29, 1.82) is 0 Å². The van der Waals surface area contributed by atoms with Crippen molar-refractivity contribution in [3.05, 3.63) is 56.5 Å². The Labute approximate surface area is 190 Å². The Morgan fingerprint density at radius 1 is 1.34 bits per heavy atom. The number of aromatic nitrogens is 4. The molecular formula is C21H21N5O4S2. The van der Waals surface area contributed by atoms with Crippen molar-refractivity contribution in [3.8, 4) is 0 Å². The Bertz CT molecular complexity index is 1430. The smallest absolute Gasteiger partial charge is 0.352 e. The highest BCUT2D eigenvalue weighted by molar-refractivity contribution is 7.98. The minimum Gasteiger partial charge on any atom is -0.376 e. The second-order valence-corrected chi connectivity index (χ2v) is 9.34. The zero-order valence-corrected chi connectivity index (χ0v) is 18.9. The molecule has 5 rings (SSSR count). The van der Waals surface area contributed by atoms with Gasteiger partial charge >= 0.3 is 5.69 Å². The van der Waals surface area contributed by atoms with Crippen LogP contribution in [0.3, 0.4) is 0 Å². The van der Waals surface area contributed by atoms with Gasteiger partial charge in [-0.1, -0.05) is 6.07 Å². The lowest BCUT2D eigenvalue weighted by molar-refractivity contribution is -0.117. The summed E-state index contributed by atoms with van der Waals surface area (Å²) in [6, 6.07) is 9.19. The van der Waals surface area contributed by atoms with Gasteiger partial charge in [0.2, 0.25) is 11.7 Å². The second kappa shape index (κ2) is 8.57. The van der Waals surface area contributed by atoms with Crippen LogP contribution in [-0.4, -0.2) is 43.6 Å². The van der Waals surface area contributed by atoms with Gasteiger partial charge in [-0.3, -0.25) is 14.2 Å². The lowest BCUT2D eigenvalue weighted by Crippen LogP contribution is -2.30. The summed E-state index contributed by atoms with van der Waals surface area (Å²) >= 11 is 2.86. The van der Waals surface area contributed by atoms with E-state index in [0.717, 1.165) is 22.4 Å². The number of anilines is 1. The molecule has 9 nitrogen and oxygen atoms in total. The quantitative estimate of drug-likeness (QED) is 0.434. The van der Waals surface area contributed by atoms with E-state index in [1.54, 1.807) is 29.3 Å². The normalized spacial score (nSPS) is 16.2. The maximum absolute atomic E-state index is 13.2. The van der Waals surface area contributed by atoms with E-state index in [1.165, 1.54) is 20.3 Å². The molecule has 0 spiro atoms. The topological polar surface area (TPSA) is 99.6 Å². The number of thioether (sulfide) groups is 1. The Morgan fingerprint density at radius 3 is 3.00 bits per heavy atom. The molecule has 1 aromatic carbocycles. The van der Waals surface area contributed by atoms with Gasteiger partial charge in [-0.2, -0.15) is 0 Å². The van der Waals surface area contributed by atoms with Crippen molar-refractivity contribution >= 4 is 50.7 Å². The van der Waals surface area contributed by atoms with Crippen molar-refractivity contribution in [2.75, 3.05) is 18.2 Å². The number of fused-ring (bicyclic) bond motifs is 3. The molecule has 1 aliphatic rings. The molecule has 0 unspecified atom stereocenters. The first-order valence-electron chi connectivity index (χ1n) is 10.2. The average molecular weight is 472 g/mol. The van der Waals surface area contributed by atoms with E-state index in [1.807, 2.05) is 24.5 Å². The Morgan fingerprint density at radius 2 is 2.22 bits per heavy atom. The lowest BCUT2D eigenvalue weighted by Gasteiger charge is -2.12. The molecule has 0 saturated carbocycles. The van der Waals surface area contributed by atoms with Crippen LogP contribution in [0, 0.1) is 0 Å². The van der Waals surface area contributed by atoms with Gasteiger partial charge in [-0.25, -0.2) is 13.9 Å². The number of rotatable bonds is 6.